The van der Waals surface area contributed by atoms with Gasteiger partial charge in [-0.15, -0.1) is 11.3 Å². The molecule has 3 heteroatoms. The van der Waals surface area contributed by atoms with E-state index >= 15 is 0 Å². The highest BCUT2D eigenvalue weighted by Gasteiger charge is 2.41. The minimum absolute atomic E-state index is 0.259. The third kappa shape index (κ3) is 5.54. The fourth-order valence-electron chi connectivity index (χ4n) is 8.93. The Morgan fingerprint density at radius 1 is 0.386 bits per heavy atom. The van der Waals surface area contributed by atoms with E-state index in [2.05, 4.69) is 189 Å². The molecule has 10 aromatic rings. The second kappa shape index (κ2) is 13.4. The van der Waals surface area contributed by atoms with Crippen LogP contribution < -0.4 is 0 Å². The van der Waals surface area contributed by atoms with Crippen molar-refractivity contribution in [3.63, 3.8) is 0 Å². The molecule has 1 atom stereocenters. The summed E-state index contributed by atoms with van der Waals surface area (Å²) in [5.41, 5.74) is 15.9. The number of aromatic nitrogens is 2. The highest BCUT2D eigenvalue weighted by atomic mass is 32.1. The van der Waals surface area contributed by atoms with Crippen molar-refractivity contribution >= 4 is 31.5 Å². The van der Waals surface area contributed by atoms with Crippen molar-refractivity contribution in [1.82, 2.24) is 9.97 Å². The zero-order valence-corrected chi connectivity index (χ0v) is 32.2. The van der Waals surface area contributed by atoms with Gasteiger partial charge in [0.15, 0.2) is 5.82 Å². The first-order chi connectivity index (χ1) is 28.1. The van der Waals surface area contributed by atoms with Crippen LogP contribution in [0.25, 0.3) is 87.5 Å². The van der Waals surface area contributed by atoms with E-state index in [1.54, 1.807) is 0 Å². The van der Waals surface area contributed by atoms with Crippen molar-refractivity contribution in [2.24, 2.45) is 0 Å². The molecule has 0 aliphatic heterocycles. The molecule has 8 aromatic carbocycles. The van der Waals surface area contributed by atoms with Gasteiger partial charge in [-0.3, -0.25) is 0 Å². The van der Waals surface area contributed by atoms with Gasteiger partial charge in [0.2, 0.25) is 0 Å². The van der Waals surface area contributed by atoms with Crippen LogP contribution in [-0.2, 0) is 5.41 Å². The van der Waals surface area contributed by atoms with Crippen LogP contribution in [0, 0.1) is 0 Å². The zero-order chi connectivity index (χ0) is 37.9. The molecule has 0 bridgehead atoms. The van der Waals surface area contributed by atoms with Crippen LogP contribution in [0.1, 0.15) is 23.6 Å². The fourth-order valence-corrected chi connectivity index (χ4v) is 10.0. The van der Waals surface area contributed by atoms with E-state index in [1.165, 1.54) is 59.1 Å². The Labute approximate surface area is 336 Å². The summed E-state index contributed by atoms with van der Waals surface area (Å²) < 4.78 is 2.62. The Morgan fingerprint density at radius 3 is 1.75 bits per heavy atom. The van der Waals surface area contributed by atoms with E-state index in [0.29, 0.717) is 5.82 Å². The normalized spacial score (nSPS) is 14.5. The molecule has 0 saturated heterocycles. The lowest BCUT2D eigenvalue weighted by Crippen LogP contribution is -2.22. The van der Waals surface area contributed by atoms with Gasteiger partial charge < -0.3 is 0 Å². The summed E-state index contributed by atoms with van der Waals surface area (Å²) in [7, 11) is 0. The van der Waals surface area contributed by atoms with Gasteiger partial charge in [-0.25, -0.2) is 9.97 Å². The van der Waals surface area contributed by atoms with E-state index in [9.17, 15) is 0 Å². The van der Waals surface area contributed by atoms with Crippen molar-refractivity contribution in [2.75, 3.05) is 0 Å². The molecule has 11 rings (SSSR count). The predicted octanol–water partition coefficient (Wildman–Crippen LogP) is 14.5. The molecule has 1 aliphatic rings. The monoisotopic (exact) mass is 744 g/mol. The first-order valence-electron chi connectivity index (χ1n) is 19.5. The second-order valence-corrected chi connectivity index (χ2v) is 16.1. The van der Waals surface area contributed by atoms with Crippen molar-refractivity contribution in [2.45, 2.75) is 12.3 Å². The van der Waals surface area contributed by atoms with Crippen LogP contribution in [0.4, 0.5) is 0 Å². The summed E-state index contributed by atoms with van der Waals surface area (Å²) in [6.07, 6.45) is 0. The van der Waals surface area contributed by atoms with Gasteiger partial charge in [0.1, 0.15) is 0 Å². The molecule has 268 valence electrons. The molecule has 0 fully saturated rings. The zero-order valence-electron chi connectivity index (χ0n) is 31.4. The van der Waals surface area contributed by atoms with E-state index in [0.717, 1.165) is 39.2 Å². The molecule has 1 unspecified atom stereocenters. The van der Waals surface area contributed by atoms with Crippen LogP contribution >= 0.6 is 11.3 Å². The standard InChI is InChI=1S/C54H36N2S/c1-54(41-21-6-3-7-22-41)46-26-10-8-24-44(46)52-42(25-14-27-47(52)54)38-18-13-20-40(32-38)49-34-48(55-53(56-49)35-15-4-2-5-16-35)39-19-12-17-36(31-39)37-29-30-51-45(33-37)43-23-9-11-28-50(43)57-51/h2-34H,1H3. The highest BCUT2D eigenvalue weighted by Crippen LogP contribution is 2.55. The molecule has 0 amide bonds. The first kappa shape index (κ1) is 33.4. The lowest BCUT2D eigenvalue weighted by Gasteiger charge is -2.28. The van der Waals surface area contributed by atoms with E-state index < -0.39 is 0 Å². The van der Waals surface area contributed by atoms with Gasteiger partial charge in [0.25, 0.3) is 0 Å². The van der Waals surface area contributed by atoms with Crippen LogP contribution in [0.5, 0.6) is 0 Å². The number of rotatable bonds is 6. The molecule has 0 N–H and O–H groups in total. The van der Waals surface area contributed by atoms with Crippen molar-refractivity contribution in [3.05, 3.63) is 217 Å². The number of hydrogen-bond donors (Lipinski definition) is 0. The molecule has 0 saturated carbocycles. The summed E-state index contributed by atoms with van der Waals surface area (Å²) in [6.45, 7) is 2.37. The van der Waals surface area contributed by atoms with E-state index in [-0.39, 0.29) is 5.41 Å². The first-order valence-corrected chi connectivity index (χ1v) is 20.3. The maximum atomic E-state index is 5.23. The third-order valence-electron chi connectivity index (χ3n) is 11.8. The second-order valence-electron chi connectivity index (χ2n) is 15.1. The van der Waals surface area contributed by atoms with E-state index in [4.69, 9.17) is 9.97 Å². The number of fused-ring (bicyclic) bond motifs is 6. The lowest BCUT2D eigenvalue weighted by atomic mass is 9.74. The molecule has 2 nitrogen and oxygen atoms in total. The highest BCUT2D eigenvalue weighted by molar-refractivity contribution is 7.25. The predicted molar refractivity (Wildman–Crippen MR) is 240 cm³/mol. The topological polar surface area (TPSA) is 25.8 Å². The third-order valence-corrected chi connectivity index (χ3v) is 12.9. The summed E-state index contributed by atoms with van der Waals surface area (Å²) in [6, 6.07) is 72.2. The Morgan fingerprint density at radius 2 is 0.947 bits per heavy atom. The minimum atomic E-state index is -0.259. The van der Waals surface area contributed by atoms with Gasteiger partial charge in [0.05, 0.1) is 11.4 Å². The smallest absolute Gasteiger partial charge is 0.160 e. The van der Waals surface area contributed by atoms with Gasteiger partial charge >= 0.3 is 0 Å². The summed E-state index contributed by atoms with van der Waals surface area (Å²) in [5, 5.41) is 2.60. The largest absolute Gasteiger partial charge is 0.228 e. The van der Waals surface area contributed by atoms with Crippen molar-refractivity contribution < 1.29 is 0 Å². The van der Waals surface area contributed by atoms with Crippen LogP contribution in [0.2, 0.25) is 0 Å². The number of hydrogen-bond acceptors (Lipinski definition) is 3. The van der Waals surface area contributed by atoms with Gasteiger partial charge in [-0.05, 0) is 93.4 Å². The summed E-state index contributed by atoms with van der Waals surface area (Å²) in [5.74, 6) is 0.707. The molecule has 1 aliphatic carbocycles. The minimum Gasteiger partial charge on any atom is -0.228 e. The summed E-state index contributed by atoms with van der Waals surface area (Å²) >= 11 is 1.85. The lowest BCUT2D eigenvalue weighted by molar-refractivity contribution is 0.714. The fraction of sp³-hybridized carbons (Fsp3) is 0.0370. The van der Waals surface area contributed by atoms with Gasteiger partial charge in [0, 0.05) is 42.3 Å². The molecule has 0 radical (unpaired) electrons. The molecular weight excluding hydrogens is 709 g/mol. The van der Waals surface area contributed by atoms with E-state index in [1.807, 2.05) is 29.5 Å². The quantitative estimate of drug-likeness (QED) is 0.169. The van der Waals surface area contributed by atoms with Crippen LogP contribution in [-0.4, -0.2) is 9.97 Å². The van der Waals surface area contributed by atoms with Crippen molar-refractivity contribution in [3.8, 4) is 67.3 Å². The molecule has 2 heterocycles. The maximum Gasteiger partial charge on any atom is 0.160 e. The summed E-state index contributed by atoms with van der Waals surface area (Å²) in [4.78, 5) is 10.4. The molecule has 2 aromatic heterocycles. The molecule has 0 spiro atoms. The Balaban J connectivity index is 1.04. The van der Waals surface area contributed by atoms with Gasteiger partial charge in [-0.2, -0.15) is 0 Å². The molecule has 57 heavy (non-hydrogen) atoms. The number of benzene rings is 8. The van der Waals surface area contributed by atoms with Crippen LogP contribution in [0.3, 0.4) is 0 Å². The average Bonchev–Trinajstić information content (AvgIpc) is 3.80. The SMILES string of the molecule is CC1(c2ccccc2)c2ccccc2-c2c(-c3cccc(-c4cc(-c5cccc(-c6ccc7sc8ccccc8c7c6)c5)nc(-c5ccccc5)n4)c3)cccc21. The number of nitrogens with zero attached hydrogens (tertiary/aromatic N) is 2. The Hall–Kier alpha value is -6.94. The molecular formula is C54H36N2S. The maximum absolute atomic E-state index is 5.23. The van der Waals surface area contributed by atoms with Gasteiger partial charge in [-0.1, -0.05) is 164 Å². The average molecular weight is 745 g/mol. The number of thiophene rings is 1. The van der Waals surface area contributed by atoms with Crippen LogP contribution in [0.15, 0.2) is 200 Å². The Kier molecular flexibility index (Phi) is 7.84. The Bertz CT molecular complexity index is 3140. The van der Waals surface area contributed by atoms with Crippen molar-refractivity contribution in [1.29, 1.82) is 0 Å².